The van der Waals surface area contributed by atoms with E-state index in [4.69, 9.17) is 5.11 Å². The molecule has 168 valence electrons. The first kappa shape index (κ1) is 32.6. The van der Waals surface area contributed by atoms with E-state index in [1.807, 2.05) is 13.8 Å². The molecule has 0 aromatic heterocycles. The van der Waals surface area contributed by atoms with Gasteiger partial charge in [-0.05, 0) is 6.42 Å². The van der Waals surface area contributed by atoms with Crippen LogP contribution in [0, 0.1) is 5.92 Å². The number of carbonyl (C=O) groups is 2. The molecule has 0 spiro atoms. The summed E-state index contributed by atoms with van der Waals surface area (Å²) in [6, 6.07) is 0. The summed E-state index contributed by atoms with van der Waals surface area (Å²) >= 11 is 0.149. The molecule has 4 heteroatoms. The molecule has 0 aromatic carbocycles. The van der Waals surface area contributed by atoms with E-state index < -0.39 is 5.97 Å². The van der Waals surface area contributed by atoms with Crippen molar-refractivity contribution in [3.63, 3.8) is 0 Å². The molecule has 3 nitrogen and oxygen atoms in total. The van der Waals surface area contributed by atoms with Crippen LogP contribution in [0.15, 0.2) is 0 Å². The molecule has 28 heavy (non-hydrogen) atoms. The summed E-state index contributed by atoms with van der Waals surface area (Å²) in [5.74, 6) is -0.456. The van der Waals surface area contributed by atoms with E-state index in [2.05, 4.69) is 20.8 Å². The van der Waals surface area contributed by atoms with Gasteiger partial charge < -0.3 is 9.90 Å². The number of aldehydes is 1. The second kappa shape index (κ2) is 31.6. The summed E-state index contributed by atoms with van der Waals surface area (Å²) in [5.41, 5.74) is 0. The van der Waals surface area contributed by atoms with Crippen LogP contribution in [0.4, 0.5) is 0 Å². The number of carbonyl (C=O) groups excluding carboxylic acids is 1. The van der Waals surface area contributed by atoms with Crippen molar-refractivity contribution in [1.29, 1.82) is 0 Å². The predicted octanol–water partition coefficient (Wildman–Crippen LogP) is 7.96. The number of rotatable bonds is 17. The van der Waals surface area contributed by atoms with Crippen LogP contribution in [0.25, 0.3) is 0 Å². The van der Waals surface area contributed by atoms with Gasteiger partial charge in [-0.2, -0.15) is 0 Å². The van der Waals surface area contributed by atoms with E-state index >= 15 is 0 Å². The third-order valence-corrected chi connectivity index (χ3v) is 8.22. The van der Waals surface area contributed by atoms with Crippen LogP contribution in [0.3, 0.4) is 0 Å². The predicted molar refractivity (Wildman–Crippen MR) is 126 cm³/mol. The third-order valence-electron chi connectivity index (χ3n) is 4.18. The van der Waals surface area contributed by atoms with Gasteiger partial charge in [0.05, 0.1) is 0 Å². The minimum absolute atomic E-state index is 0.149. The summed E-state index contributed by atoms with van der Waals surface area (Å²) in [5, 5.41) is 8.41. The molecule has 2 radical (unpaired) electrons. The molecule has 1 N–H and O–H groups in total. The second-order valence-electron chi connectivity index (χ2n) is 7.81. The molecule has 0 atom stereocenters. The molecule has 0 aliphatic carbocycles. The van der Waals surface area contributed by atoms with Crippen molar-refractivity contribution in [2.45, 2.75) is 133 Å². The Balaban J connectivity index is -0.000000381. The maximum absolute atomic E-state index is 10.2. The summed E-state index contributed by atoms with van der Waals surface area (Å²) in [6.45, 7) is 10.5. The fourth-order valence-corrected chi connectivity index (χ4v) is 6.47. The van der Waals surface area contributed by atoms with Gasteiger partial charge in [0, 0.05) is 12.3 Å². The molecule has 0 amide bonds. The summed E-state index contributed by atoms with van der Waals surface area (Å²) in [6.07, 6.45) is 18.2. The van der Waals surface area contributed by atoms with Crippen LogP contribution in [-0.2, 0) is 9.59 Å². The Labute approximate surface area is 187 Å². The Morgan fingerprint density at radius 3 is 1.43 bits per heavy atom. The number of carboxylic acid groups (broad SMARTS) is 1. The summed E-state index contributed by atoms with van der Waals surface area (Å²) in [4.78, 5) is 19.7. The monoisotopic (exact) mass is 506 g/mol. The van der Waals surface area contributed by atoms with Crippen molar-refractivity contribution in [3.05, 3.63) is 0 Å². The van der Waals surface area contributed by atoms with Gasteiger partial charge >= 0.3 is 75.5 Å². The van der Waals surface area contributed by atoms with Crippen molar-refractivity contribution in [1.82, 2.24) is 0 Å². The Morgan fingerprint density at radius 1 is 0.750 bits per heavy atom. The van der Waals surface area contributed by atoms with Crippen molar-refractivity contribution in [2.24, 2.45) is 5.92 Å². The van der Waals surface area contributed by atoms with Crippen molar-refractivity contribution < 1.29 is 14.7 Å². The van der Waals surface area contributed by atoms with Crippen LogP contribution >= 0.6 is 0 Å². The molecular formula is C24H50O3Sn. The maximum atomic E-state index is 10.2. The van der Waals surface area contributed by atoms with E-state index in [1.165, 1.54) is 70.6 Å². The number of aliphatic carboxylic acids is 1. The quantitative estimate of drug-likeness (QED) is 0.124. The van der Waals surface area contributed by atoms with E-state index in [-0.39, 0.29) is 27.1 Å². The summed E-state index contributed by atoms with van der Waals surface area (Å²) in [7, 11) is 0. The van der Waals surface area contributed by atoms with Gasteiger partial charge in [0.15, 0.2) is 0 Å². The van der Waals surface area contributed by atoms with Crippen LogP contribution in [0.1, 0.15) is 125 Å². The van der Waals surface area contributed by atoms with Gasteiger partial charge in [-0.25, -0.2) is 0 Å². The summed E-state index contributed by atoms with van der Waals surface area (Å²) < 4.78 is 3.25. The topological polar surface area (TPSA) is 54.4 Å². The van der Waals surface area contributed by atoms with Gasteiger partial charge in [0.25, 0.3) is 0 Å². The van der Waals surface area contributed by atoms with E-state index in [0.717, 1.165) is 19.1 Å². The standard InChI is InChI=1S/C12H24O2.C4H8O.2C4H9.Sn/c1-2-3-4-5-6-7-8-9-10-11-12(13)14;1-4(2)3-5;2*1-3-4-2;/h2-11H2,1H3,(H,13,14);3-4H,1-2H3;2*1,3-4H2,2H3;. The average molecular weight is 505 g/mol. The van der Waals surface area contributed by atoms with Gasteiger partial charge in [0.1, 0.15) is 6.29 Å². The van der Waals surface area contributed by atoms with Crippen LogP contribution in [-0.4, -0.2) is 38.5 Å². The minimum atomic E-state index is -0.659. The SMILES string of the molecule is CC(C)C=O.CCCCCCCCCCCC(=O)O.CCC[CH2][Sn][CH2]CCC. The molecule has 0 fully saturated rings. The first-order chi connectivity index (χ1) is 13.5. The zero-order chi connectivity index (χ0) is 21.9. The van der Waals surface area contributed by atoms with Crippen LogP contribution in [0.2, 0.25) is 8.87 Å². The average Bonchev–Trinajstić information content (AvgIpc) is 2.67. The molecule has 0 aromatic rings. The Kier molecular flexibility index (Phi) is 36.8. The molecule has 0 unspecified atom stereocenters. The fraction of sp³-hybridized carbons (Fsp3) is 0.917. The van der Waals surface area contributed by atoms with Gasteiger partial charge in [-0.15, -0.1) is 0 Å². The molecule has 0 saturated carbocycles. The number of hydrogen-bond acceptors (Lipinski definition) is 2. The Hall–Kier alpha value is -0.0613. The van der Waals surface area contributed by atoms with Crippen LogP contribution < -0.4 is 0 Å². The second-order valence-corrected chi connectivity index (χ2v) is 12.1. The van der Waals surface area contributed by atoms with Crippen LogP contribution in [0.5, 0.6) is 0 Å². The van der Waals surface area contributed by atoms with Gasteiger partial charge in [-0.3, -0.25) is 4.79 Å². The van der Waals surface area contributed by atoms with Crippen molar-refractivity contribution >= 4 is 33.4 Å². The third kappa shape index (κ3) is 45.0. The van der Waals surface area contributed by atoms with Crippen molar-refractivity contribution in [3.8, 4) is 0 Å². The molecule has 0 rings (SSSR count). The first-order valence-electron chi connectivity index (χ1n) is 11.8. The van der Waals surface area contributed by atoms with Gasteiger partial charge in [-0.1, -0.05) is 72.1 Å². The molecular weight excluding hydrogens is 455 g/mol. The number of hydrogen-bond donors (Lipinski definition) is 1. The zero-order valence-electron chi connectivity index (χ0n) is 19.7. The normalized spacial score (nSPS) is 9.93. The zero-order valence-corrected chi connectivity index (χ0v) is 22.6. The van der Waals surface area contributed by atoms with E-state index in [0.29, 0.717) is 6.42 Å². The molecule has 0 aliphatic heterocycles. The molecule has 0 heterocycles. The van der Waals surface area contributed by atoms with E-state index in [9.17, 15) is 9.59 Å². The molecule has 0 saturated heterocycles. The molecule has 0 bridgehead atoms. The molecule has 0 aliphatic rings. The number of carboxylic acids is 1. The van der Waals surface area contributed by atoms with E-state index in [1.54, 1.807) is 8.87 Å². The number of unbranched alkanes of at least 4 members (excludes halogenated alkanes) is 10. The Bertz CT molecular complexity index is 288. The van der Waals surface area contributed by atoms with Gasteiger partial charge in [0.2, 0.25) is 0 Å². The van der Waals surface area contributed by atoms with Crippen molar-refractivity contribution in [2.75, 3.05) is 0 Å². The fourth-order valence-electron chi connectivity index (χ4n) is 2.32. The first-order valence-corrected chi connectivity index (χ1v) is 15.9. The Morgan fingerprint density at radius 2 is 1.11 bits per heavy atom.